The van der Waals surface area contributed by atoms with Crippen LogP contribution < -0.4 is 5.32 Å². The standard InChI is InChI=1S/C17H18N4O/c1-13(22)18-17(12-11-14-7-3-2-4-8-14)21-16-10-6-5-9-15(16)19-20-21/h2-10,17H,11-12H2,1H3,(H,18,22). The Kier molecular flexibility index (Phi) is 4.14. The zero-order valence-electron chi connectivity index (χ0n) is 12.4. The first-order chi connectivity index (χ1) is 10.7. The van der Waals surface area contributed by atoms with Crippen molar-refractivity contribution in [3.05, 3.63) is 60.2 Å². The van der Waals surface area contributed by atoms with Crippen LogP contribution in [0.2, 0.25) is 0 Å². The average Bonchev–Trinajstić information content (AvgIpc) is 2.96. The van der Waals surface area contributed by atoms with Gasteiger partial charge < -0.3 is 5.32 Å². The predicted molar refractivity (Wildman–Crippen MR) is 85.1 cm³/mol. The van der Waals surface area contributed by atoms with Gasteiger partial charge in [-0.3, -0.25) is 4.79 Å². The van der Waals surface area contributed by atoms with Crippen LogP contribution in [0.25, 0.3) is 11.0 Å². The quantitative estimate of drug-likeness (QED) is 0.787. The van der Waals surface area contributed by atoms with E-state index in [4.69, 9.17) is 0 Å². The second-order valence-electron chi connectivity index (χ2n) is 5.26. The molecule has 112 valence electrons. The number of nitrogens with zero attached hydrogens (tertiary/aromatic N) is 3. The Hall–Kier alpha value is -2.69. The number of rotatable bonds is 5. The van der Waals surface area contributed by atoms with Gasteiger partial charge in [-0.2, -0.15) is 0 Å². The molecule has 22 heavy (non-hydrogen) atoms. The number of aromatic nitrogens is 3. The van der Waals surface area contributed by atoms with E-state index < -0.39 is 0 Å². The number of fused-ring (bicyclic) bond motifs is 1. The molecule has 2 aromatic carbocycles. The van der Waals surface area contributed by atoms with Crippen molar-refractivity contribution in [1.29, 1.82) is 0 Å². The van der Waals surface area contributed by atoms with Crippen LogP contribution in [0, 0.1) is 0 Å². The van der Waals surface area contributed by atoms with Crippen LogP contribution in [0.5, 0.6) is 0 Å². The third-order valence-electron chi connectivity index (χ3n) is 3.59. The van der Waals surface area contributed by atoms with E-state index in [2.05, 4.69) is 27.8 Å². The third-order valence-corrected chi connectivity index (χ3v) is 3.59. The third kappa shape index (κ3) is 3.14. The second kappa shape index (κ2) is 6.39. The van der Waals surface area contributed by atoms with Crippen molar-refractivity contribution in [2.24, 2.45) is 0 Å². The fourth-order valence-corrected chi connectivity index (χ4v) is 2.56. The van der Waals surface area contributed by atoms with E-state index in [0.29, 0.717) is 0 Å². The van der Waals surface area contributed by atoms with Gasteiger partial charge in [-0.15, -0.1) is 5.10 Å². The first-order valence-corrected chi connectivity index (χ1v) is 7.35. The van der Waals surface area contributed by atoms with Crippen LogP contribution in [0.4, 0.5) is 0 Å². The summed E-state index contributed by atoms with van der Waals surface area (Å²) in [6.07, 6.45) is 1.42. The highest BCUT2D eigenvalue weighted by molar-refractivity contribution is 5.75. The zero-order valence-corrected chi connectivity index (χ0v) is 12.4. The maximum absolute atomic E-state index is 11.5. The van der Waals surface area contributed by atoms with E-state index in [1.165, 1.54) is 12.5 Å². The lowest BCUT2D eigenvalue weighted by Gasteiger charge is -2.18. The van der Waals surface area contributed by atoms with Gasteiger partial charge >= 0.3 is 0 Å². The Balaban J connectivity index is 1.84. The summed E-state index contributed by atoms with van der Waals surface area (Å²) in [5.41, 5.74) is 2.99. The van der Waals surface area contributed by atoms with Gasteiger partial charge in [-0.1, -0.05) is 47.7 Å². The summed E-state index contributed by atoms with van der Waals surface area (Å²) in [5.74, 6) is -0.0716. The smallest absolute Gasteiger partial charge is 0.218 e. The largest absolute Gasteiger partial charge is 0.334 e. The maximum atomic E-state index is 11.5. The molecule has 3 rings (SSSR count). The molecule has 0 saturated heterocycles. The van der Waals surface area contributed by atoms with E-state index >= 15 is 0 Å². The molecule has 1 unspecified atom stereocenters. The molecule has 0 aliphatic carbocycles. The molecule has 0 radical (unpaired) electrons. The Morgan fingerprint density at radius 3 is 2.64 bits per heavy atom. The molecule has 0 bridgehead atoms. The molecule has 5 nitrogen and oxygen atoms in total. The fraction of sp³-hybridized carbons (Fsp3) is 0.235. The lowest BCUT2D eigenvalue weighted by atomic mass is 10.1. The van der Waals surface area contributed by atoms with Crippen molar-refractivity contribution in [3.63, 3.8) is 0 Å². The predicted octanol–water partition coefficient (Wildman–Crippen LogP) is 2.70. The van der Waals surface area contributed by atoms with E-state index in [1.807, 2.05) is 42.5 Å². The molecule has 1 heterocycles. The van der Waals surface area contributed by atoms with Crippen LogP contribution >= 0.6 is 0 Å². The minimum absolute atomic E-state index is 0.0716. The van der Waals surface area contributed by atoms with Crippen molar-refractivity contribution < 1.29 is 4.79 Å². The van der Waals surface area contributed by atoms with Gasteiger partial charge in [-0.05, 0) is 30.5 Å². The number of hydrogen-bond acceptors (Lipinski definition) is 3. The number of nitrogens with one attached hydrogen (secondary N) is 1. The van der Waals surface area contributed by atoms with Crippen molar-refractivity contribution >= 4 is 16.9 Å². The topological polar surface area (TPSA) is 59.8 Å². The molecule has 0 spiro atoms. The van der Waals surface area contributed by atoms with Crippen LogP contribution in [0.15, 0.2) is 54.6 Å². The summed E-state index contributed by atoms with van der Waals surface area (Å²) in [5, 5.41) is 11.3. The van der Waals surface area contributed by atoms with Gasteiger partial charge in [0.15, 0.2) is 0 Å². The summed E-state index contributed by atoms with van der Waals surface area (Å²) in [6.45, 7) is 1.52. The first kappa shape index (κ1) is 14.3. The highest BCUT2D eigenvalue weighted by atomic mass is 16.1. The molecule has 5 heteroatoms. The minimum atomic E-state index is -0.204. The number of hydrogen-bond donors (Lipinski definition) is 1. The molecule has 0 saturated carbocycles. The molecular formula is C17H18N4O. The molecule has 0 aliphatic rings. The number of carbonyl (C=O) groups excluding carboxylic acids is 1. The van der Waals surface area contributed by atoms with Gasteiger partial charge in [0.2, 0.25) is 5.91 Å². The van der Waals surface area contributed by atoms with Crippen LogP contribution in [-0.4, -0.2) is 20.9 Å². The number of amides is 1. The van der Waals surface area contributed by atoms with Crippen LogP contribution in [0.3, 0.4) is 0 Å². The van der Waals surface area contributed by atoms with Gasteiger partial charge in [0.1, 0.15) is 11.7 Å². The Labute approximate surface area is 129 Å². The fourth-order valence-electron chi connectivity index (χ4n) is 2.56. The zero-order chi connectivity index (χ0) is 15.4. The summed E-state index contributed by atoms with van der Waals surface area (Å²) in [6, 6.07) is 18.0. The minimum Gasteiger partial charge on any atom is -0.334 e. The highest BCUT2D eigenvalue weighted by Crippen LogP contribution is 2.18. The molecule has 3 aromatic rings. The maximum Gasteiger partial charge on any atom is 0.218 e. The van der Waals surface area contributed by atoms with Gasteiger partial charge in [0.25, 0.3) is 0 Å². The highest BCUT2D eigenvalue weighted by Gasteiger charge is 2.16. The summed E-state index contributed by atoms with van der Waals surface area (Å²) >= 11 is 0. The Morgan fingerprint density at radius 2 is 1.86 bits per heavy atom. The molecular weight excluding hydrogens is 276 g/mol. The Bertz CT molecular complexity index is 766. The molecule has 0 fully saturated rings. The van der Waals surface area contributed by atoms with Gasteiger partial charge in [0.05, 0.1) is 5.52 Å². The SMILES string of the molecule is CC(=O)NC(CCc1ccccc1)n1nnc2ccccc21. The van der Waals surface area contributed by atoms with Crippen molar-refractivity contribution in [3.8, 4) is 0 Å². The summed E-state index contributed by atoms with van der Waals surface area (Å²) in [4.78, 5) is 11.5. The molecule has 1 aromatic heterocycles. The van der Waals surface area contributed by atoms with E-state index in [0.717, 1.165) is 23.9 Å². The van der Waals surface area contributed by atoms with E-state index in [-0.39, 0.29) is 12.1 Å². The first-order valence-electron chi connectivity index (χ1n) is 7.35. The molecule has 1 atom stereocenters. The molecule has 1 amide bonds. The second-order valence-corrected chi connectivity index (χ2v) is 5.26. The number of benzene rings is 2. The van der Waals surface area contributed by atoms with Gasteiger partial charge in [0, 0.05) is 6.92 Å². The number of aryl methyl sites for hydroxylation is 1. The van der Waals surface area contributed by atoms with Crippen molar-refractivity contribution in [1.82, 2.24) is 20.3 Å². The van der Waals surface area contributed by atoms with Crippen molar-refractivity contribution in [2.45, 2.75) is 25.9 Å². The van der Waals surface area contributed by atoms with E-state index in [9.17, 15) is 4.79 Å². The summed E-state index contributed by atoms with van der Waals surface area (Å²) < 4.78 is 1.79. The lowest BCUT2D eigenvalue weighted by Crippen LogP contribution is -2.31. The van der Waals surface area contributed by atoms with Crippen molar-refractivity contribution in [2.75, 3.05) is 0 Å². The van der Waals surface area contributed by atoms with Gasteiger partial charge in [-0.25, -0.2) is 4.68 Å². The number of carbonyl (C=O) groups is 1. The number of para-hydroxylation sites is 1. The average molecular weight is 294 g/mol. The monoisotopic (exact) mass is 294 g/mol. The molecule has 0 aliphatic heterocycles. The lowest BCUT2D eigenvalue weighted by molar-refractivity contribution is -0.120. The molecule has 1 N–H and O–H groups in total. The Morgan fingerprint density at radius 1 is 1.14 bits per heavy atom. The normalized spacial score (nSPS) is 12.2. The van der Waals surface area contributed by atoms with Crippen LogP contribution in [-0.2, 0) is 11.2 Å². The summed E-state index contributed by atoms with van der Waals surface area (Å²) in [7, 11) is 0. The van der Waals surface area contributed by atoms with E-state index in [1.54, 1.807) is 4.68 Å². The van der Waals surface area contributed by atoms with Crippen LogP contribution in [0.1, 0.15) is 25.1 Å².